The summed E-state index contributed by atoms with van der Waals surface area (Å²) in [6.45, 7) is 7.80. The van der Waals surface area contributed by atoms with Gasteiger partial charge in [0.1, 0.15) is 0 Å². The first-order chi connectivity index (χ1) is 8.08. The zero-order valence-corrected chi connectivity index (χ0v) is 11.5. The molecule has 0 radical (unpaired) electrons. The topological polar surface area (TPSA) is 42.0 Å². The van der Waals surface area contributed by atoms with E-state index in [0.29, 0.717) is 0 Å². The van der Waals surface area contributed by atoms with E-state index >= 15 is 0 Å². The van der Waals surface area contributed by atoms with Crippen molar-refractivity contribution < 1.29 is 5.11 Å². The predicted molar refractivity (Wildman–Crippen MR) is 71.4 cm³/mol. The lowest BCUT2D eigenvalue weighted by Gasteiger charge is -2.30. The fourth-order valence-electron chi connectivity index (χ4n) is 2.07. The van der Waals surface area contributed by atoms with Gasteiger partial charge in [-0.3, -0.25) is 4.90 Å². The van der Waals surface area contributed by atoms with Crippen LogP contribution >= 0.6 is 0 Å². The number of aliphatic hydroxyl groups excluding tert-OH is 1. The lowest BCUT2D eigenvalue weighted by atomic mass is 10.2. The van der Waals surface area contributed by atoms with Crippen molar-refractivity contribution in [3.63, 3.8) is 0 Å². The van der Waals surface area contributed by atoms with E-state index in [1.54, 1.807) is 0 Å². The zero-order chi connectivity index (χ0) is 12.7. The van der Waals surface area contributed by atoms with Gasteiger partial charge in [0.25, 0.3) is 0 Å². The molecule has 0 aromatic carbocycles. The van der Waals surface area contributed by atoms with Crippen LogP contribution in [0.1, 0.15) is 0 Å². The van der Waals surface area contributed by atoms with Crippen LogP contribution < -0.4 is 5.32 Å². The van der Waals surface area contributed by atoms with Gasteiger partial charge in [-0.15, -0.1) is 0 Å². The maximum Gasteiger partial charge on any atom is 0.0793 e. The Balaban J connectivity index is 2.12. The molecule has 0 bridgehead atoms. The molecular weight excluding hydrogens is 216 g/mol. The molecule has 0 aliphatic carbocycles. The number of β-amino-alcohol motifs (C(OH)–C–C–N with tert-alkyl or cyclic N) is 1. The summed E-state index contributed by atoms with van der Waals surface area (Å²) in [6, 6.07) is 0. The molecule has 0 aromatic rings. The second kappa shape index (κ2) is 8.00. The number of hydrogen-bond acceptors (Lipinski definition) is 5. The van der Waals surface area contributed by atoms with Crippen molar-refractivity contribution in [2.24, 2.45) is 0 Å². The first-order valence-corrected chi connectivity index (χ1v) is 6.52. The molecule has 17 heavy (non-hydrogen) atoms. The summed E-state index contributed by atoms with van der Waals surface area (Å²) in [5.41, 5.74) is 0. The Hall–Kier alpha value is -0.200. The third-order valence-corrected chi connectivity index (χ3v) is 3.13. The Morgan fingerprint density at radius 1 is 1.18 bits per heavy atom. The fourth-order valence-corrected chi connectivity index (χ4v) is 2.07. The van der Waals surface area contributed by atoms with Crippen LogP contribution in [0.15, 0.2) is 0 Å². The van der Waals surface area contributed by atoms with Gasteiger partial charge >= 0.3 is 0 Å². The van der Waals surface area contributed by atoms with Gasteiger partial charge in [0.15, 0.2) is 0 Å². The number of nitrogens with one attached hydrogen (secondary N) is 1. The first-order valence-electron chi connectivity index (χ1n) is 6.52. The number of aliphatic hydroxyl groups is 1. The van der Waals surface area contributed by atoms with Crippen molar-refractivity contribution in [3.05, 3.63) is 0 Å². The van der Waals surface area contributed by atoms with Crippen molar-refractivity contribution in [2.45, 2.75) is 6.10 Å². The van der Waals surface area contributed by atoms with Gasteiger partial charge < -0.3 is 20.2 Å². The Kier molecular flexibility index (Phi) is 6.99. The van der Waals surface area contributed by atoms with Crippen LogP contribution in [-0.2, 0) is 0 Å². The molecule has 2 N–H and O–H groups in total. The van der Waals surface area contributed by atoms with Gasteiger partial charge in [0.2, 0.25) is 0 Å². The molecule has 1 aliphatic rings. The third-order valence-electron chi connectivity index (χ3n) is 3.13. The number of hydrogen-bond donors (Lipinski definition) is 2. The zero-order valence-electron chi connectivity index (χ0n) is 11.5. The van der Waals surface area contributed by atoms with Crippen molar-refractivity contribution in [1.82, 2.24) is 20.0 Å². The van der Waals surface area contributed by atoms with Crippen molar-refractivity contribution in [1.29, 1.82) is 0 Å². The summed E-state index contributed by atoms with van der Waals surface area (Å²) < 4.78 is 0. The minimum Gasteiger partial charge on any atom is -0.390 e. The maximum absolute atomic E-state index is 10.0. The normalized spacial score (nSPS) is 20.1. The molecule has 0 spiro atoms. The first kappa shape index (κ1) is 14.9. The highest BCUT2D eigenvalue weighted by atomic mass is 16.3. The summed E-state index contributed by atoms with van der Waals surface area (Å²) >= 11 is 0. The van der Waals surface area contributed by atoms with E-state index in [1.807, 2.05) is 0 Å². The summed E-state index contributed by atoms with van der Waals surface area (Å²) in [5, 5.41) is 13.3. The van der Waals surface area contributed by atoms with Gasteiger partial charge in [-0.2, -0.15) is 0 Å². The molecule has 1 aliphatic heterocycles. The van der Waals surface area contributed by atoms with E-state index in [-0.39, 0.29) is 6.10 Å². The average molecular weight is 244 g/mol. The number of rotatable bonds is 7. The van der Waals surface area contributed by atoms with Gasteiger partial charge in [-0.25, -0.2) is 0 Å². The second-order valence-electron chi connectivity index (χ2n) is 5.27. The highest BCUT2D eigenvalue weighted by Gasteiger charge is 2.15. The molecule has 1 rings (SSSR count). The highest BCUT2D eigenvalue weighted by Crippen LogP contribution is 1.97. The molecule has 0 saturated carbocycles. The molecule has 1 fully saturated rings. The Bertz CT molecular complexity index is 195. The van der Waals surface area contributed by atoms with Crippen LogP contribution in [0.4, 0.5) is 0 Å². The van der Waals surface area contributed by atoms with Crippen molar-refractivity contribution in [3.8, 4) is 0 Å². The molecule has 0 amide bonds. The Labute approximate surface area is 105 Å². The fraction of sp³-hybridized carbons (Fsp3) is 1.00. The van der Waals surface area contributed by atoms with Gasteiger partial charge in [-0.05, 0) is 21.1 Å². The van der Waals surface area contributed by atoms with Crippen LogP contribution in [0, 0.1) is 0 Å². The lowest BCUT2D eigenvalue weighted by Crippen LogP contribution is -2.48. The van der Waals surface area contributed by atoms with Crippen LogP contribution in [0.25, 0.3) is 0 Å². The number of piperazine rings is 1. The standard InChI is InChI=1S/C12H28N4O/c1-14(2)8-9-15(3)10-12(17)11-16-6-4-13-5-7-16/h12-13,17H,4-11H2,1-3H3. The summed E-state index contributed by atoms with van der Waals surface area (Å²) in [4.78, 5) is 6.70. The molecule has 1 heterocycles. The summed E-state index contributed by atoms with van der Waals surface area (Å²) in [6.07, 6.45) is -0.236. The van der Waals surface area contributed by atoms with E-state index in [4.69, 9.17) is 0 Å². The van der Waals surface area contributed by atoms with E-state index < -0.39 is 0 Å². The van der Waals surface area contributed by atoms with Crippen molar-refractivity contribution in [2.75, 3.05) is 73.5 Å². The molecule has 1 unspecified atom stereocenters. The summed E-state index contributed by atoms with van der Waals surface area (Å²) in [7, 11) is 6.22. The molecule has 1 saturated heterocycles. The molecule has 102 valence electrons. The lowest BCUT2D eigenvalue weighted by molar-refractivity contribution is 0.0753. The van der Waals surface area contributed by atoms with Gasteiger partial charge in [0, 0.05) is 52.4 Å². The maximum atomic E-state index is 10.0. The molecular formula is C12H28N4O. The smallest absolute Gasteiger partial charge is 0.0793 e. The minimum absolute atomic E-state index is 0.236. The number of nitrogens with zero attached hydrogens (tertiary/aromatic N) is 3. The van der Waals surface area contributed by atoms with E-state index in [2.05, 4.69) is 41.2 Å². The van der Waals surface area contributed by atoms with Crippen molar-refractivity contribution >= 4 is 0 Å². The van der Waals surface area contributed by atoms with Crippen LogP contribution in [0.2, 0.25) is 0 Å². The van der Waals surface area contributed by atoms with Crippen LogP contribution in [0.5, 0.6) is 0 Å². The third kappa shape index (κ3) is 6.95. The van der Waals surface area contributed by atoms with Gasteiger partial charge in [-0.1, -0.05) is 0 Å². The summed E-state index contributed by atoms with van der Waals surface area (Å²) in [5.74, 6) is 0. The largest absolute Gasteiger partial charge is 0.390 e. The quantitative estimate of drug-likeness (QED) is 0.585. The Morgan fingerprint density at radius 3 is 2.41 bits per heavy atom. The molecule has 1 atom stereocenters. The number of likely N-dealkylation sites (N-methyl/N-ethyl adjacent to an activating group) is 2. The van der Waals surface area contributed by atoms with Crippen LogP contribution in [-0.4, -0.2) is 99.4 Å². The molecule has 0 aromatic heterocycles. The monoisotopic (exact) mass is 244 g/mol. The van der Waals surface area contributed by atoms with Crippen LogP contribution in [0.3, 0.4) is 0 Å². The predicted octanol–water partition coefficient (Wildman–Crippen LogP) is -1.25. The average Bonchev–Trinajstić information content (AvgIpc) is 2.27. The minimum atomic E-state index is -0.236. The second-order valence-corrected chi connectivity index (χ2v) is 5.27. The molecule has 5 nitrogen and oxygen atoms in total. The highest BCUT2D eigenvalue weighted by molar-refractivity contribution is 4.72. The van der Waals surface area contributed by atoms with E-state index in [1.165, 1.54) is 0 Å². The molecule has 5 heteroatoms. The van der Waals surface area contributed by atoms with Gasteiger partial charge in [0.05, 0.1) is 6.10 Å². The SMILES string of the molecule is CN(C)CCN(C)CC(O)CN1CCNCC1. The Morgan fingerprint density at radius 2 is 1.82 bits per heavy atom. The van der Waals surface area contributed by atoms with E-state index in [9.17, 15) is 5.11 Å². The van der Waals surface area contributed by atoms with E-state index in [0.717, 1.165) is 52.4 Å².